The largest absolute Gasteiger partial charge is 0.376 e. The number of carbonyl (C=O) groups excluding carboxylic acids is 1. The van der Waals surface area contributed by atoms with E-state index in [1.807, 2.05) is 0 Å². The van der Waals surface area contributed by atoms with E-state index in [1.165, 1.54) is 23.5 Å². The highest BCUT2D eigenvalue weighted by molar-refractivity contribution is 7.13. The van der Waals surface area contributed by atoms with Crippen LogP contribution in [0.3, 0.4) is 0 Å². The zero-order valence-electron chi connectivity index (χ0n) is 14.3. The Bertz CT molecular complexity index is 911. The lowest BCUT2D eigenvalue weighted by Gasteiger charge is -2.24. The Balaban J connectivity index is 1.55. The van der Waals surface area contributed by atoms with Gasteiger partial charge in [-0.1, -0.05) is 12.1 Å². The van der Waals surface area contributed by atoms with Crippen molar-refractivity contribution in [3.05, 3.63) is 65.2 Å². The van der Waals surface area contributed by atoms with Crippen LogP contribution in [0.4, 0.5) is 4.39 Å². The first-order valence-corrected chi connectivity index (χ1v) is 9.49. The van der Waals surface area contributed by atoms with Crippen LogP contribution in [-0.4, -0.2) is 33.6 Å². The number of carbonyl (C=O) groups is 1. The van der Waals surface area contributed by atoms with Crippen LogP contribution in [0.15, 0.2) is 48.1 Å². The van der Waals surface area contributed by atoms with E-state index in [-0.39, 0.29) is 23.9 Å². The SMILES string of the molecule is O=C(N[C@H](c1ccc(F)cc1)[C@H]1CCCO1)c1csc(-c2ncccn2)n1. The number of hydrogen-bond donors (Lipinski definition) is 1. The van der Waals surface area contributed by atoms with Gasteiger partial charge in [0.1, 0.15) is 11.5 Å². The summed E-state index contributed by atoms with van der Waals surface area (Å²) in [4.78, 5) is 25.4. The molecular weight excluding hydrogens is 367 g/mol. The van der Waals surface area contributed by atoms with E-state index in [0.29, 0.717) is 23.1 Å². The van der Waals surface area contributed by atoms with Crippen molar-refractivity contribution in [1.29, 1.82) is 0 Å². The third-order valence-electron chi connectivity index (χ3n) is 4.35. The molecule has 1 aliphatic heterocycles. The smallest absolute Gasteiger partial charge is 0.271 e. The molecule has 4 rings (SSSR count). The predicted octanol–water partition coefficient (Wildman–Crippen LogP) is 3.39. The van der Waals surface area contributed by atoms with Crippen LogP contribution in [-0.2, 0) is 4.74 Å². The minimum absolute atomic E-state index is 0.144. The van der Waals surface area contributed by atoms with Crippen LogP contribution >= 0.6 is 11.3 Å². The highest BCUT2D eigenvalue weighted by atomic mass is 32.1. The summed E-state index contributed by atoms with van der Waals surface area (Å²) in [5.41, 5.74) is 1.10. The van der Waals surface area contributed by atoms with Crippen molar-refractivity contribution in [2.24, 2.45) is 0 Å². The second-order valence-corrected chi connectivity index (χ2v) is 7.02. The Kier molecular flexibility index (Phi) is 5.17. The standard InChI is InChI=1S/C19H17FN4O2S/c20-13-6-4-12(5-7-13)16(15-3-1-10-26-15)24-18(25)14-11-27-19(23-14)17-21-8-2-9-22-17/h2,4-9,11,15-16H,1,3,10H2,(H,24,25)/t15-,16-/m1/s1. The Labute approximate surface area is 159 Å². The van der Waals surface area contributed by atoms with Crippen molar-refractivity contribution in [1.82, 2.24) is 20.3 Å². The number of ether oxygens (including phenoxy) is 1. The van der Waals surface area contributed by atoms with Gasteiger partial charge in [-0.15, -0.1) is 11.3 Å². The van der Waals surface area contributed by atoms with Gasteiger partial charge in [-0.25, -0.2) is 19.3 Å². The number of benzene rings is 1. The molecule has 3 heterocycles. The third-order valence-corrected chi connectivity index (χ3v) is 5.18. The molecule has 0 spiro atoms. The number of nitrogens with one attached hydrogen (secondary N) is 1. The monoisotopic (exact) mass is 384 g/mol. The van der Waals surface area contributed by atoms with Crippen LogP contribution < -0.4 is 5.32 Å². The van der Waals surface area contributed by atoms with E-state index in [9.17, 15) is 9.18 Å². The average molecular weight is 384 g/mol. The molecule has 1 aromatic carbocycles. The molecule has 3 aromatic rings. The van der Waals surface area contributed by atoms with Crippen LogP contribution in [0.5, 0.6) is 0 Å². The number of rotatable bonds is 5. The molecule has 2 atom stereocenters. The van der Waals surface area contributed by atoms with Gasteiger partial charge in [-0.3, -0.25) is 4.79 Å². The summed E-state index contributed by atoms with van der Waals surface area (Å²) < 4.78 is 19.0. The fourth-order valence-electron chi connectivity index (χ4n) is 3.03. The normalized spacial score (nSPS) is 17.6. The van der Waals surface area contributed by atoms with Crippen molar-refractivity contribution < 1.29 is 13.9 Å². The number of aromatic nitrogens is 3. The Morgan fingerprint density at radius 3 is 2.74 bits per heavy atom. The summed E-state index contributed by atoms with van der Waals surface area (Å²) in [5, 5.41) is 5.25. The number of amides is 1. The van der Waals surface area contributed by atoms with Gasteiger partial charge in [0.15, 0.2) is 10.8 Å². The van der Waals surface area contributed by atoms with Gasteiger partial charge < -0.3 is 10.1 Å². The van der Waals surface area contributed by atoms with Crippen LogP contribution in [0.25, 0.3) is 10.8 Å². The first-order chi connectivity index (χ1) is 13.2. The first kappa shape index (κ1) is 17.7. The zero-order chi connectivity index (χ0) is 18.6. The van der Waals surface area contributed by atoms with Crippen molar-refractivity contribution in [3.8, 4) is 10.8 Å². The fourth-order valence-corrected chi connectivity index (χ4v) is 3.78. The lowest BCUT2D eigenvalue weighted by atomic mass is 9.99. The minimum Gasteiger partial charge on any atom is -0.376 e. The molecule has 1 fully saturated rings. The van der Waals surface area contributed by atoms with Gasteiger partial charge in [0.05, 0.1) is 12.1 Å². The molecule has 0 bridgehead atoms. The molecule has 8 heteroatoms. The van der Waals surface area contributed by atoms with Crippen molar-refractivity contribution >= 4 is 17.2 Å². The third kappa shape index (κ3) is 4.01. The highest BCUT2D eigenvalue weighted by Gasteiger charge is 2.29. The van der Waals surface area contributed by atoms with E-state index < -0.39 is 0 Å². The van der Waals surface area contributed by atoms with Crippen molar-refractivity contribution in [3.63, 3.8) is 0 Å². The highest BCUT2D eigenvalue weighted by Crippen LogP contribution is 2.28. The first-order valence-electron chi connectivity index (χ1n) is 8.61. The maximum Gasteiger partial charge on any atom is 0.271 e. The fraction of sp³-hybridized carbons (Fsp3) is 0.263. The quantitative estimate of drug-likeness (QED) is 0.730. The second-order valence-electron chi connectivity index (χ2n) is 6.16. The number of halogens is 1. The summed E-state index contributed by atoms with van der Waals surface area (Å²) in [6, 6.07) is 7.48. The maximum absolute atomic E-state index is 13.3. The van der Waals surface area contributed by atoms with Gasteiger partial charge in [-0.2, -0.15) is 0 Å². The second kappa shape index (κ2) is 7.89. The Morgan fingerprint density at radius 2 is 2.04 bits per heavy atom. The van der Waals surface area contributed by atoms with Gasteiger partial charge >= 0.3 is 0 Å². The molecule has 6 nitrogen and oxygen atoms in total. The molecule has 1 aliphatic rings. The van der Waals surface area contributed by atoms with Crippen molar-refractivity contribution in [2.75, 3.05) is 6.61 Å². The molecule has 138 valence electrons. The summed E-state index contributed by atoms with van der Waals surface area (Å²) in [6.07, 6.45) is 4.89. The Morgan fingerprint density at radius 1 is 1.26 bits per heavy atom. The van der Waals surface area contributed by atoms with Crippen LogP contribution in [0.1, 0.15) is 34.9 Å². The zero-order valence-corrected chi connectivity index (χ0v) is 15.2. The molecule has 0 radical (unpaired) electrons. The lowest BCUT2D eigenvalue weighted by molar-refractivity contribution is 0.0670. The molecule has 0 unspecified atom stereocenters. The summed E-state index contributed by atoms with van der Waals surface area (Å²) in [5.74, 6) is -0.141. The molecule has 0 saturated carbocycles. The topological polar surface area (TPSA) is 77.0 Å². The molecule has 27 heavy (non-hydrogen) atoms. The molecule has 1 amide bonds. The van der Waals surface area contributed by atoms with E-state index in [4.69, 9.17) is 4.74 Å². The van der Waals surface area contributed by atoms with Gasteiger partial charge in [0.25, 0.3) is 5.91 Å². The van der Waals surface area contributed by atoms with Gasteiger partial charge in [0, 0.05) is 24.4 Å². The molecule has 0 aliphatic carbocycles. The van der Waals surface area contributed by atoms with Crippen LogP contribution in [0, 0.1) is 5.82 Å². The summed E-state index contributed by atoms with van der Waals surface area (Å²) >= 11 is 1.31. The molecule has 2 aromatic heterocycles. The molecular formula is C19H17FN4O2S. The molecule has 1 saturated heterocycles. The number of thiazole rings is 1. The maximum atomic E-state index is 13.3. The van der Waals surface area contributed by atoms with E-state index >= 15 is 0 Å². The summed E-state index contributed by atoms with van der Waals surface area (Å²) in [6.45, 7) is 0.657. The van der Waals surface area contributed by atoms with Crippen molar-refractivity contribution in [2.45, 2.75) is 25.0 Å². The lowest BCUT2D eigenvalue weighted by Crippen LogP contribution is -2.36. The molecule has 1 N–H and O–H groups in total. The van der Waals surface area contributed by atoms with E-state index in [0.717, 1.165) is 18.4 Å². The van der Waals surface area contributed by atoms with E-state index in [1.54, 1.807) is 36.0 Å². The number of hydrogen-bond acceptors (Lipinski definition) is 6. The Hall–Kier alpha value is -2.71. The van der Waals surface area contributed by atoms with E-state index in [2.05, 4.69) is 20.3 Å². The van der Waals surface area contributed by atoms with Gasteiger partial charge in [0.2, 0.25) is 0 Å². The summed E-state index contributed by atoms with van der Waals surface area (Å²) in [7, 11) is 0. The average Bonchev–Trinajstić information content (AvgIpc) is 3.40. The van der Waals surface area contributed by atoms with Gasteiger partial charge in [-0.05, 0) is 36.6 Å². The number of nitrogens with zero attached hydrogens (tertiary/aromatic N) is 3. The van der Waals surface area contributed by atoms with Crippen LogP contribution in [0.2, 0.25) is 0 Å². The predicted molar refractivity (Wildman–Crippen MR) is 98.7 cm³/mol. The minimum atomic E-state index is -0.362.